The van der Waals surface area contributed by atoms with E-state index in [1.54, 1.807) is 19.1 Å². The minimum absolute atomic E-state index is 0.250. The van der Waals surface area contributed by atoms with Gasteiger partial charge in [0.1, 0.15) is 5.82 Å². The van der Waals surface area contributed by atoms with Gasteiger partial charge < -0.3 is 5.32 Å². The van der Waals surface area contributed by atoms with Crippen molar-refractivity contribution in [2.24, 2.45) is 0 Å². The van der Waals surface area contributed by atoms with Crippen LogP contribution in [0, 0.1) is 22.9 Å². The van der Waals surface area contributed by atoms with Crippen molar-refractivity contribution in [3.05, 3.63) is 67.9 Å². The van der Waals surface area contributed by atoms with E-state index in [9.17, 15) is 19.3 Å². The molecule has 0 heterocycles. The van der Waals surface area contributed by atoms with Crippen LogP contribution in [-0.4, -0.2) is 10.8 Å². The third-order valence-corrected chi connectivity index (χ3v) is 3.35. The van der Waals surface area contributed by atoms with Crippen molar-refractivity contribution in [2.45, 2.75) is 6.92 Å². The Morgan fingerprint density at radius 1 is 1.29 bits per heavy atom. The summed E-state index contributed by atoms with van der Waals surface area (Å²) in [5, 5.41) is 13.1. The van der Waals surface area contributed by atoms with E-state index in [0.717, 1.165) is 28.2 Å². The van der Waals surface area contributed by atoms with Crippen molar-refractivity contribution in [1.29, 1.82) is 0 Å². The number of hydrogen-bond donors (Lipinski definition) is 1. The van der Waals surface area contributed by atoms with Gasteiger partial charge in [-0.1, -0.05) is 22.0 Å². The third kappa shape index (κ3) is 3.43. The summed E-state index contributed by atoms with van der Waals surface area (Å²) in [6.45, 7) is 1.80. The van der Waals surface area contributed by atoms with E-state index < -0.39 is 22.3 Å². The molecule has 2 aromatic rings. The number of carbonyl (C=O) groups excluding carboxylic acids is 1. The number of amides is 1. The molecule has 0 saturated carbocycles. The van der Waals surface area contributed by atoms with E-state index >= 15 is 0 Å². The summed E-state index contributed by atoms with van der Waals surface area (Å²) in [6, 6.07) is 8.21. The maximum absolute atomic E-state index is 13.8. The fraction of sp³-hybridized carbons (Fsp3) is 0.0714. The highest BCUT2D eigenvalue weighted by Gasteiger charge is 2.16. The zero-order chi connectivity index (χ0) is 15.6. The second-order valence-corrected chi connectivity index (χ2v) is 5.25. The molecule has 21 heavy (non-hydrogen) atoms. The molecule has 0 aliphatic carbocycles. The fourth-order valence-electron chi connectivity index (χ4n) is 1.72. The molecule has 0 aliphatic rings. The molecule has 1 N–H and O–H groups in total. The van der Waals surface area contributed by atoms with Crippen molar-refractivity contribution in [1.82, 2.24) is 0 Å². The smallest absolute Gasteiger partial charge is 0.272 e. The van der Waals surface area contributed by atoms with Crippen molar-refractivity contribution >= 4 is 33.2 Å². The Kier molecular flexibility index (Phi) is 4.32. The van der Waals surface area contributed by atoms with E-state index in [1.165, 1.54) is 0 Å². The van der Waals surface area contributed by atoms with Crippen LogP contribution in [0.15, 0.2) is 40.9 Å². The molecule has 0 aromatic heterocycles. The maximum Gasteiger partial charge on any atom is 0.272 e. The van der Waals surface area contributed by atoms with Gasteiger partial charge in [0.15, 0.2) is 0 Å². The second kappa shape index (κ2) is 6.01. The third-order valence-electron chi connectivity index (χ3n) is 2.86. The number of halogens is 2. The first-order valence-corrected chi connectivity index (χ1v) is 6.69. The molecule has 0 unspecified atom stereocenters. The van der Waals surface area contributed by atoms with Crippen LogP contribution in [0.5, 0.6) is 0 Å². The van der Waals surface area contributed by atoms with Gasteiger partial charge in [-0.3, -0.25) is 14.9 Å². The average Bonchev–Trinajstić information content (AvgIpc) is 2.42. The lowest BCUT2D eigenvalue weighted by molar-refractivity contribution is -0.385. The summed E-state index contributed by atoms with van der Waals surface area (Å²) in [4.78, 5) is 21.9. The number of carbonyl (C=O) groups is 1. The van der Waals surface area contributed by atoms with Gasteiger partial charge >= 0.3 is 0 Å². The van der Waals surface area contributed by atoms with Gasteiger partial charge in [0.2, 0.25) is 0 Å². The predicted molar refractivity (Wildman–Crippen MR) is 79.9 cm³/mol. The molecule has 5 nitrogen and oxygen atoms in total. The predicted octanol–water partition coefficient (Wildman–Crippen LogP) is 4.06. The van der Waals surface area contributed by atoms with Crippen LogP contribution in [0.2, 0.25) is 0 Å². The van der Waals surface area contributed by atoms with Gasteiger partial charge in [-0.25, -0.2) is 4.39 Å². The number of anilines is 1. The molecule has 0 bridgehead atoms. The molecule has 7 heteroatoms. The molecule has 108 valence electrons. The Balaban J connectivity index is 2.28. The van der Waals surface area contributed by atoms with Crippen LogP contribution in [0.4, 0.5) is 15.8 Å². The number of non-ortho nitro benzene ring substituents is 1. The molecular formula is C14H10BrFN2O3. The zero-order valence-corrected chi connectivity index (χ0v) is 12.5. The molecular weight excluding hydrogens is 343 g/mol. The summed E-state index contributed by atoms with van der Waals surface area (Å²) in [5.41, 5.74) is 0.698. The van der Waals surface area contributed by atoms with Crippen molar-refractivity contribution < 1.29 is 14.1 Å². The number of nitro groups is 1. The summed E-state index contributed by atoms with van der Waals surface area (Å²) in [7, 11) is 0. The summed E-state index contributed by atoms with van der Waals surface area (Å²) >= 11 is 3.28. The molecule has 0 spiro atoms. The fourth-order valence-corrected chi connectivity index (χ4v) is 2.08. The quantitative estimate of drug-likeness (QED) is 0.668. The monoisotopic (exact) mass is 352 g/mol. The Labute approximate surface area is 128 Å². The molecule has 0 atom stereocenters. The van der Waals surface area contributed by atoms with Gasteiger partial charge in [0.05, 0.1) is 16.6 Å². The highest BCUT2D eigenvalue weighted by molar-refractivity contribution is 9.10. The summed E-state index contributed by atoms with van der Waals surface area (Å²) < 4.78 is 14.5. The lowest BCUT2D eigenvalue weighted by Gasteiger charge is -2.09. The highest BCUT2D eigenvalue weighted by Crippen LogP contribution is 2.22. The number of nitrogens with one attached hydrogen (secondary N) is 1. The van der Waals surface area contributed by atoms with Gasteiger partial charge in [0.25, 0.3) is 11.6 Å². The number of hydrogen-bond acceptors (Lipinski definition) is 3. The van der Waals surface area contributed by atoms with E-state index in [4.69, 9.17) is 0 Å². The first-order valence-electron chi connectivity index (χ1n) is 5.90. The van der Waals surface area contributed by atoms with E-state index in [0.29, 0.717) is 5.69 Å². The SMILES string of the molecule is Cc1ccc(Br)cc1NC(=O)c1ccc([N+](=O)[O-])cc1F. The Morgan fingerprint density at radius 3 is 2.62 bits per heavy atom. The van der Waals surface area contributed by atoms with Crippen LogP contribution in [0.1, 0.15) is 15.9 Å². The lowest BCUT2D eigenvalue weighted by Crippen LogP contribution is -2.14. The molecule has 1 amide bonds. The van der Waals surface area contributed by atoms with E-state index in [2.05, 4.69) is 21.2 Å². The van der Waals surface area contributed by atoms with E-state index in [-0.39, 0.29) is 5.56 Å². The normalized spacial score (nSPS) is 10.2. The largest absolute Gasteiger partial charge is 0.322 e. The zero-order valence-electron chi connectivity index (χ0n) is 10.9. The van der Waals surface area contributed by atoms with Crippen LogP contribution in [0.25, 0.3) is 0 Å². The van der Waals surface area contributed by atoms with Crippen LogP contribution >= 0.6 is 15.9 Å². The Bertz CT molecular complexity index is 734. The highest BCUT2D eigenvalue weighted by atomic mass is 79.9. The van der Waals surface area contributed by atoms with Gasteiger partial charge in [-0.2, -0.15) is 0 Å². The number of nitro benzene ring substituents is 1. The Hall–Kier alpha value is -2.28. The van der Waals surface area contributed by atoms with Crippen molar-refractivity contribution in [2.75, 3.05) is 5.32 Å². The first kappa shape index (κ1) is 15.1. The van der Waals surface area contributed by atoms with Gasteiger partial charge in [-0.15, -0.1) is 0 Å². The topological polar surface area (TPSA) is 72.2 Å². The molecule has 0 aliphatic heterocycles. The molecule has 2 aromatic carbocycles. The number of rotatable bonds is 3. The van der Waals surface area contributed by atoms with Gasteiger partial charge in [0, 0.05) is 16.2 Å². The second-order valence-electron chi connectivity index (χ2n) is 4.33. The first-order chi connectivity index (χ1) is 9.88. The molecule has 0 saturated heterocycles. The van der Waals surface area contributed by atoms with Gasteiger partial charge in [-0.05, 0) is 30.7 Å². The number of nitrogens with zero attached hydrogens (tertiary/aromatic N) is 1. The summed E-state index contributed by atoms with van der Waals surface area (Å²) in [5.74, 6) is -1.60. The maximum atomic E-state index is 13.8. The van der Waals surface area contributed by atoms with E-state index in [1.807, 2.05) is 6.07 Å². The average molecular weight is 353 g/mol. The number of benzene rings is 2. The van der Waals surface area contributed by atoms with Crippen LogP contribution in [-0.2, 0) is 0 Å². The molecule has 0 radical (unpaired) electrons. The minimum atomic E-state index is -0.936. The van der Waals surface area contributed by atoms with Crippen LogP contribution < -0.4 is 5.32 Å². The minimum Gasteiger partial charge on any atom is -0.322 e. The number of aryl methyl sites for hydroxylation is 1. The molecule has 0 fully saturated rings. The van der Waals surface area contributed by atoms with Crippen molar-refractivity contribution in [3.8, 4) is 0 Å². The van der Waals surface area contributed by atoms with Crippen LogP contribution in [0.3, 0.4) is 0 Å². The lowest BCUT2D eigenvalue weighted by atomic mass is 10.1. The Morgan fingerprint density at radius 2 is 2.00 bits per heavy atom. The summed E-state index contributed by atoms with van der Waals surface area (Å²) in [6.07, 6.45) is 0. The van der Waals surface area contributed by atoms with Crippen molar-refractivity contribution in [3.63, 3.8) is 0 Å². The molecule has 2 rings (SSSR count). The standard InChI is InChI=1S/C14H10BrFN2O3/c1-8-2-3-9(15)6-13(8)17-14(19)11-5-4-10(18(20)21)7-12(11)16/h2-7H,1H3,(H,17,19).